The van der Waals surface area contributed by atoms with Crippen LogP contribution in [0.5, 0.6) is 0 Å². The minimum atomic E-state index is -0.844. The van der Waals surface area contributed by atoms with Crippen LogP contribution in [0.2, 0.25) is 0 Å². The number of amides is 1. The Kier molecular flexibility index (Phi) is 79.8. The van der Waals surface area contributed by atoms with Crippen molar-refractivity contribution >= 4 is 11.9 Å². The second kappa shape index (κ2) is 81.5. The van der Waals surface area contributed by atoms with Crippen LogP contribution in [0, 0.1) is 0 Å². The van der Waals surface area contributed by atoms with E-state index in [-0.39, 0.29) is 18.5 Å². The van der Waals surface area contributed by atoms with Crippen LogP contribution in [0.1, 0.15) is 476 Å². The average molecular weight is 1290 g/mol. The molecule has 6 nitrogen and oxygen atoms in total. The topological polar surface area (TPSA) is 95.9 Å². The van der Waals surface area contributed by atoms with Crippen molar-refractivity contribution in [2.24, 2.45) is 0 Å². The Balaban J connectivity index is 3.37. The zero-order valence-corrected chi connectivity index (χ0v) is 62.6. The first kappa shape index (κ1) is 90.1. The predicted molar refractivity (Wildman–Crippen MR) is 407 cm³/mol. The number of aliphatic hydroxyl groups is 2. The molecule has 0 heterocycles. The Morgan fingerprint density at radius 1 is 0.304 bits per heavy atom. The van der Waals surface area contributed by atoms with Gasteiger partial charge in [-0.05, 0) is 64.2 Å². The molecule has 0 spiro atoms. The molecule has 0 rings (SSSR count). The van der Waals surface area contributed by atoms with Crippen molar-refractivity contribution in [1.29, 1.82) is 0 Å². The van der Waals surface area contributed by atoms with Crippen molar-refractivity contribution in [3.8, 4) is 0 Å². The fourth-order valence-electron chi connectivity index (χ4n) is 13.5. The lowest BCUT2D eigenvalue weighted by atomic mass is 10.0. The second-order valence-corrected chi connectivity index (χ2v) is 29.2. The maximum absolute atomic E-state index is 12.5. The highest BCUT2D eigenvalue weighted by atomic mass is 16.5. The molecule has 0 saturated heterocycles. The summed E-state index contributed by atoms with van der Waals surface area (Å²) in [4.78, 5) is 24.6. The number of hydrogen-bond donors (Lipinski definition) is 3. The number of hydrogen-bond acceptors (Lipinski definition) is 5. The van der Waals surface area contributed by atoms with Gasteiger partial charge in [-0.3, -0.25) is 9.59 Å². The van der Waals surface area contributed by atoms with Gasteiger partial charge in [0.1, 0.15) is 0 Å². The lowest BCUT2D eigenvalue weighted by Gasteiger charge is -2.20. The Morgan fingerprint density at radius 2 is 0.543 bits per heavy atom. The number of esters is 1. The molecule has 0 fully saturated rings. The van der Waals surface area contributed by atoms with Gasteiger partial charge in [-0.2, -0.15) is 0 Å². The van der Waals surface area contributed by atoms with Crippen LogP contribution in [0.25, 0.3) is 0 Å². The highest BCUT2D eigenvalue weighted by Crippen LogP contribution is 2.20. The van der Waals surface area contributed by atoms with Crippen molar-refractivity contribution in [2.75, 3.05) is 13.2 Å². The molecule has 544 valence electrons. The van der Waals surface area contributed by atoms with Crippen LogP contribution >= 0.6 is 0 Å². The second-order valence-electron chi connectivity index (χ2n) is 29.2. The van der Waals surface area contributed by atoms with Crippen LogP contribution in [-0.2, 0) is 14.3 Å². The number of carbonyl (C=O) groups is 2. The quantitative estimate of drug-likeness (QED) is 0.0320. The Morgan fingerprint density at radius 3 is 0.826 bits per heavy atom. The van der Waals surface area contributed by atoms with Crippen molar-refractivity contribution in [3.63, 3.8) is 0 Å². The molecule has 2 unspecified atom stereocenters. The lowest BCUT2D eigenvalue weighted by Crippen LogP contribution is -2.45. The first-order chi connectivity index (χ1) is 45.5. The van der Waals surface area contributed by atoms with Gasteiger partial charge in [-0.15, -0.1) is 0 Å². The molecule has 2 atom stereocenters. The highest BCUT2D eigenvalue weighted by molar-refractivity contribution is 5.76. The van der Waals surface area contributed by atoms with E-state index in [9.17, 15) is 19.8 Å². The summed E-state index contributed by atoms with van der Waals surface area (Å²) < 4.78 is 5.51. The first-order valence-electron chi connectivity index (χ1n) is 42.3. The molecule has 0 aromatic carbocycles. The van der Waals surface area contributed by atoms with Gasteiger partial charge >= 0.3 is 5.97 Å². The van der Waals surface area contributed by atoms with Gasteiger partial charge in [0, 0.05) is 12.8 Å². The largest absolute Gasteiger partial charge is 0.466 e. The fourth-order valence-corrected chi connectivity index (χ4v) is 13.5. The number of aliphatic hydroxyl groups excluding tert-OH is 2. The van der Waals surface area contributed by atoms with E-state index < -0.39 is 12.1 Å². The summed E-state index contributed by atoms with van der Waals surface area (Å²) in [7, 11) is 0. The van der Waals surface area contributed by atoms with E-state index in [0.29, 0.717) is 19.4 Å². The molecular formula is C86H165NO5. The van der Waals surface area contributed by atoms with E-state index in [4.69, 9.17) is 4.74 Å². The first-order valence-corrected chi connectivity index (χ1v) is 42.3. The summed E-state index contributed by atoms with van der Waals surface area (Å²) in [6, 6.07) is -0.627. The molecule has 0 radical (unpaired) electrons. The SMILES string of the molecule is CCCCCCCCCCCCCCCCCCCCC/C=C/C(O)C(CO)NC(=O)CCCCCCCCCCCCCCCCCCC/C=C\C/C=C\CCCCCCCCCCCCCCCCCOC(=O)CCCCCCCCCCCCCCCCC. The van der Waals surface area contributed by atoms with E-state index in [2.05, 4.69) is 43.5 Å². The molecule has 0 aromatic rings. The number of ether oxygens (including phenoxy) is 1. The van der Waals surface area contributed by atoms with Crippen molar-refractivity contribution in [3.05, 3.63) is 36.5 Å². The Bertz CT molecular complexity index is 1490. The Labute approximate surface area is 576 Å². The summed E-state index contributed by atoms with van der Waals surface area (Å²) in [6.45, 7) is 4.96. The van der Waals surface area contributed by atoms with Crippen molar-refractivity contribution in [1.82, 2.24) is 5.32 Å². The summed E-state index contributed by atoms with van der Waals surface area (Å²) in [5.41, 5.74) is 0. The smallest absolute Gasteiger partial charge is 0.305 e. The summed E-state index contributed by atoms with van der Waals surface area (Å²) in [5.74, 6) is -0.0362. The Hall–Kier alpha value is -1.92. The molecule has 0 aliphatic rings. The molecule has 92 heavy (non-hydrogen) atoms. The van der Waals surface area contributed by atoms with Gasteiger partial charge in [-0.1, -0.05) is 436 Å². The van der Waals surface area contributed by atoms with Crippen LogP contribution in [0.4, 0.5) is 0 Å². The number of carbonyl (C=O) groups excluding carboxylic acids is 2. The number of nitrogens with one attached hydrogen (secondary N) is 1. The average Bonchev–Trinajstić information content (AvgIpc) is 3.58. The highest BCUT2D eigenvalue weighted by Gasteiger charge is 2.18. The van der Waals surface area contributed by atoms with Gasteiger partial charge in [0.15, 0.2) is 0 Å². The maximum Gasteiger partial charge on any atom is 0.305 e. The maximum atomic E-state index is 12.5. The summed E-state index contributed by atoms with van der Waals surface area (Å²) >= 11 is 0. The third kappa shape index (κ3) is 77.1. The number of allylic oxidation sites excluding steroid dienone is 5. The molecule has 0 aliphatic heterocycles. The fraction of sp³-hybridized carbons (Fsp3) is 0.907. The monoisotopic (exact) mass is 1290 g/mol. The van der Waals surface area contributed by atoms with E-state index in [0.717, 1.165) is 44.9 Å². The van der Waals surface area contributed by atoms with E-state index >= 15 is 0 Å². The van der Waals surface area contributed by atoms with Gasteiger partial charge in [-0.25, -0.2) is 0 Å². The third-order valence-electron chi connectivity index (χ3n) is 19.9. The lowest BCUT2D eigenvalue weighted by molar-refractivity contribution is -0.143. The zero-order chi connectivity index (χ0) is 66.3. The van der Waals surface area contributed by atoms with Crippen LogP contribution < -0.4 is 5.32 Å². The predicted octanol–water partition coefficient (Wildman–Crippen LogP) is 28.2. The summed E-state index contributed by atoms with van der Waals surface area (Å²) in [6.07, 6.45) is 107. The van der Waals surface area contributed by atoms with Gasteiger partial charge in [0.05, 0.1) is 25.4 Å². The minimum Gasteiger partial charge on any atom is -0.466 e. The number of rotatable bonds is 80. The molecule has 0 bridgehead atoms. The van der Waals surface area contributed by atoms with Gasteiger partial charge < -0.3 is 20.3 Å². The zero-order valence-electron chi connectivity index (χ0n) is 62.6. The van der Waals surface area contributed by atoms with Crippen molar-refractivity contribution < 1.29 is 24.5 Å². The standard InChI is InChI=1S/C86H165NO5/c1-3-5-7-9-11-13-15-17-19-20-21-41-44-47-51-54-58-62-66-70-74-78-84(89)83(82-88)87-85(90)79-75-71-67-63-59-55-52-48-45-42-39-37-35-33-31-29-27-25-23-22-24-26-28-30-32-34-36-38-40-43-46-49-53-57-61-65-69-73-77-81-92-86(91)80-76-72-68-64-60-56-50-18-16-14-12-10-8-6-4-2/h22-23,26,28,74,78,83-84,88-89H,3-21,24-25,27,29-73,75-77,79-82H2,1-2H3,(H,87,90)/b23-22-,28-26-,78-74+. The van der Waals surface area contributed by atoms with E-state index in [1.165, 1.54) is 405 Å². The van der Waals surface area contributed by atoms with Crippen molar-refractivity contribution in [2.45, 2.75) is 488 Å². The van der Waals surface area contributed by atoms with E-state index in [1.54, 1.807) is 6.08 Å². The minimum absolute atomic E-state index is 0.0239. The molecular weight excluding hydrogens is 1130 g/mol. The normalized spacial score (nSPS) is 12.6. The molecule has 1 amide bonds. The summed E-state index contributed by atoms with van der Waals surface area (Å²) in [5, 5.41) is 23.3. The van der Waals surface area contributed by atoms with Gasteiger partial charge in [0.2, 0.25) is 5.91 Å². The van der Waals surface area contributed by atoms with Crippen LogP contribution in [-0.4, -0.2) is 47.4 Å². The van der Waals surface area contributed by atoms with Crippen LogP contribution in [0.3, 0.4) is 0 Å². The molecule has 6 heteroatoms. The van der Waals surface area contributed by atoms with E-state index in [1.807, 2.05) is 6.08 Å². The molecule has 0 aliphatic carbocycles. The van der Waals surface area contributed by atoms with Gasteiger partial charge in [0.25, 0.3) is 0 Å². The van der Waals surface area contributed by atoms with Crippen LogP contribution in [0.15, 0.2) is 36.5 Å². The number of unbranched alkanes of at least 4 members (excludes halogenated alkanes) is 65. The molecule has 0 saturated carbocycles. The molecule has 3 N–H and O–H groups in total. The third-order valence-corrected chi connectivity index (χ3v) is 19.9. The molecule has 0 aromatic heterocycles.